The number of nitro benzene ring substituents is 1. The summed E-state index contributed by atoms with van der Waals surface area (Å²) in [6.45, 7) is 0. The molecule has 132 valence electrons. The molecule has 0 radical (unpaired) electrons. The Morgan fingerprint density at radius 3 is 2.58 bits per heavy atom. The number of phenols is 1. The molecule has 0 amide bonds. The van der Waals surface area contributed by atoms with Gasteiger partial charge in [0.15, 0.2) is 5.75 Å². The number of hydrogen-bond acceptors (Lipinski definition) is 7. The number of aromatic hydroxyl groups is 1. The van der Waals surface area contributed by atoms with Crippen molar-refractivity contribution in [2.24, 2.45) is 0 Å². The largest absolute Gasteiger partial charge is 0.500 e. The van der Waals surface area contributed by atoms with E-state index in [4.69, 9.17) is 9.47 Å². The maximum absolute atomic E-state index is 12.5. The van der Waals surface area contributed by atoms with Gasteiger partial charge in [-0.3, -0.25) is 14.9 Å². The first-order valence-corrected chi connectivity index (χ1v) is 7.27. The van der Waals surface area contributed by atoms with Crippen LogP contribution in [-0.2, 0) is 0 Å². The second kappa shape index (κ2) is 7.81. The molecule has 0 aliphatic rings. The third-order valence-corrected chi connectivity index (χ3v) is 3.50. The van der Waals surface area contributed by atoms with Crippen molar-refractivity contribution < 1.29 is 24.3 Å². The molecular weight excluding hydrogens is 340 g/mol. The second-order valence-corrected chi connectivity index (χ2v) is 5.08. The number of methoxy groups -OCH3 is 2. The third-order valence-electron chi connectivity index (χ3n) is 3.50. The number of allylic oxidation sites excluding steroid dienone is 1. The molecule has 0 aliphatic heterocycles. The van der Waals surface area contributed by atoms with Crippen LogP contribution in [0.3, 0.4) is 0 Å². The Balaban J connectivity index is 2.51. The summed E-state index contributed by atoms with van der Waals surface area (Å²) in [5.74, 6) is -0.889. The van der Waals surface area contributed by atoms with E-state index in [0.29, 0.717) is 5.75 Å². The summed E-state index contributed by atoms with van der Waals surface area (Å²) in [7, 11) is 2.69. The van der Waals surface area contributed by atoms with E-state index >= 15 is 0 Å². The third kappa shape index (κ3) is 3.79. The summed E-state index contributed by atoms with van der Waals surface area (Å²) in [6, 6.07) is 10.4. The molecule has 0 spiro atoms. The summed E-state index contributed by atoms with van der Waals surface area (Å²) in [5.41, 5.74) is -0.432. The van der Waals surface area contributed by atoms with Gasteiger partial charge >= 0.3 is 5.69 Å². The number of ketones is 1. The number of carbonyl (C=O) groups is 1. The van der Waals surface area contributed by atoms with Gasteiger partial charge in [-0.15, -0.1) is 0 Å². The minimum atomic E-state index is -0.787. The van der Waals surface area contributed by atoms with Crippen LogP contribution in [0.1, 0.15) is 15.9 Å². The highest BCUT2D eigenvalue weighted by Crippen LogP contribution is 2.37. The van der Waals surface area contributed by atoms with E-state index < -0.39 is 22.1 Å². The molecule has 2 aromatic carbocycles. The Morgan fingerprint density at radius 2 is 2.00 bits per heavy atom. The zero-order valence-electron chi connectivity index (χ0n) is 13.9. The lowest BCUT2D eigenvalue weighted by Gasteiger charge is -2.06. The number of nitriles is 1. The van der Waals surface area contributed by atoms with Crippen LogP contribution in [0.15, 0.2) is 42.0 Å². The van der Waals surface area contributed by atoms with E-state index in [2.05, 4.69) is 0 Å². The Hall–Kier alpha value is -3.86. The first-order chi connectivity index (χ1) is 12.4. The van der Waals surface area contributed by atoms with Crippen molar-refractivity contribution in [2.45, 2.75) is 0 Å². The number of nitro groups is 1. The van der Waals surface area contributed by atoms with Gasteiger partial charge in [0, 0.05) is 11.6 Å². The van der Waals surface area contributed by atoms with Gasteiger partial charge in [-0.2, -0.15) is 5.26 Å². The molecule has 2 rings (SSSR count). The summed E-state index contributed by atoms with van der Waals surface area (Å²) >= 11 is 0. The van der Waals surface area contributed by atoms with Crippen LogP contribution in [0.5, 0.6) is 17.2 Å². The molecule has 0 saturated heterocycles. The molecule has 0 aromatic heterocycles. The standard InChI is InChI=1S/C18H14N2O6/c1-25-14-5-3-4-12(9-14)17(21)13(10-19)6-11-7-15(20(23)24)18(22)16(8-11)26-2/h3-9,22H,1-2H3/b13-6+. The quantitative estimate of drug-likeness (QED) is 0.278. The van der Waals surface area contributed by atoms with Crippen LogP contribution in [0.25, 0.3) is 6.08 Å². The average molecular weight is 354 g/mol. The molecule has 0 fully saturated rings. The molecule has 26 heavy (non-hydrogen) atoms. The van der Waals surface area contributed by atoms with E-state index in [1.807, 2.05) is 0 Å². The SMILES string of the molecule is COc1cccc(C(=O)/C(C#N)=C/c2cc(OC)c(O)c([N+](=O)[O-])c2)c1. The predicted molar refractivity (Wildman–Crippen MR) is 92.2 cm³/mol. The van der Waals surface area contributed by atoms with Gasteiger partial charge in [0.2, 0.25) is 11.5 Å². The Morgan fingerprint density at radius 1 is 1.27 bits per heavy atom. The lowest BCUT2D eigenvalue weighted by atomic mass is 10.0. The second-order valence-electron chi connectivity index (χ2n) is 5.08. The normalized spacial score (nSPS) is 10.7. The van der Waals surface area contributed by atoms with E-state index in [1.54, 1.807) is 18.2 Å². The topological polar surface area (TPSA) is 123 Å². The number of rotatable bonds is 6. The fourth-order valence-corrected chi connectivity index (χ4v) is 2.23. The first kappa shape index (κ1) is 18.5. The van der Waals surface area contributed by atoms with E-state index in [1.165, 1.54) is 38.5 Å². The fourth-order valence-electron chi connectivity index (χ4n) is 2.23. The lowest BCUT2D eigenvalue weighted by Crippen LogP contribution is -2.02. The van der Waals surface area contributed by atoms with Gasteiger partial charge in [0.05, 0.1) is 19.1 Å². The van der Waals surface area contributed by atoms with Gasteiger partial charge in [-0.25, -0.2) is 0 Å². The van der Waals surface area contributed by atoms with Crippen molar-refractivity contribution in [3.63, 3.8) is 0 Å². The van der Waals surface area contributed by atoms with Crippen LogP contribution in [0.2, 0.25) is 0 Å². The van der Waals surface area contributed by atoms with Crippen molar-refractivity contribution in [1.29, 1.82) is 5.26 Å². The molecule has 0 heterocycles. The van der Waals surface area contributed by atoms with Gasteiger partial charge < -0.3 is 14.6 Å². The molecule has 8 nitrogen and oxygen atoms in total. The predicted octanol–water partition coefficient (Wildman–Crippen LogP) is 3.11. The van der Waals surface area contributed by atoms with Crippen LogP contribution >= 0.6 is 0 Å². The van der Waals surface area contributed by atoms with Crippen LogP contribution in [-0.4, -0.2) is 30.0 Å². The molecule has 2 aromatic rings. The number of carbonyl (C=O) groups excluding carboxylic acids is 1. The Kier molecular flexibility index (Phi) is 5.55. The van der Waals surface area contributed by atoms with Crippen molar-refractivity contribution in [2.75, 3.05) is 14.2 Å². The van der Waals surface area contributed by atoms with Crippen molar-refractivity contribution in [3.05, 3.63) is 63.2 Å². The molecule has 8 heteroatoms. The first-order valence-electron chi connectivity index (χ1n) is 7.27. The Bertz CT molecular complexity index is 943. The molecule has 0 saturated carbocycles. The molecule has 0 aliphatic carbocycles. The van der Waals surface area contributed by atoms with Crippen LogP contribution in [0, 0.1) is 21.4 Å². The van der Waals surface area contributed by atoms with Crippen LogP contribution in [0.4, 0.5) is 5.69 Å². The highest BCUT2D eigenvalue weighted by Gasteiger charge is 2.20. The summed E-state index contributed by atoms with van der Waals surface area (Å²) in [4.78, 5) is 22.8. The molecule has 0 unspecified atom stereocenters. The maximum atomic E-state index is 12.5. The molecule has 1 N–H and O–H groups in total. The smallest absolute Gasteiger partial charge is 0.315 e. The van der Waals surface area contributed by atoms with Gasteiger partial charge in [-0.1, -0.05) is 12.1 Å². The number of Topliss-reactive ketones (excluding diaryl/α,β-unsaturated/α-hetero) is 1. The van der Waals surface area contributed by atoms with Crippen molar-refractivity contribution in [3.8, 4) is 23.3 Å². The monoisotopic (exact) mass is 354 g/mol. The van der Waals surface area contributed by atoms with Crippen molar-refractivity contribution in [1.82, 2.24) is 0 Å². The highest BCUT2D eigenvalue weighted by atomic mass is 16.6. The molecular formula is C18H14N2O6. The Labute approximate surface area is 148 Å². The average Bonchev–Trinajstić information content (AvgIpc) is 2.66. The molecule has 0 atom stereocenters. The fraction of sp³-hybridized carbons (Fsp3) is 0.111. The summed E-state index contributed by atoms with van der Waals surface area (Å²) < 4.78 is 9.95. The minimum Gasteiger partial charge on any atom is -0.500 e. The van der Waals surface area contributed by atoms with Gasteiger partial charge in [0.25, 0.3) is 0 Å². The number of benzene rings is 2. The van der Waals surface area contributed by atoms with Gasteiger partial charge in [-0.05, 0) is 29.8 Å². The van der Waals surface area contributed by atoms with Crippen molar-refractivity contribution >= 4 is 17.5 Å². The maximum Gasteiger partial charge on any atom is 0.315 e. The number of phenolic OH excluding ortho intramolecular Hbond substituents is 1. The number of hydrogen-bond donors (Lipinski definition) is 1. The number of ether oxygens (including phenoxy) is 2. The van der Waals surface area contributed by atoms with Crippen LogP contribution < -0.4 is 9.47 Å². The zero-order valence-corrected chi connectivity index (χ0v) is 13.9. The lowest BCUT2D eigenvalue weighted by molar-refractivity contribution is -0.386. The minimum absolute atomic E-state index is 0.142. The van der Waals surface area contributed by atoms with E-state index in [-0.39, 0.29) is 22.4 Å². The van der Waals surface area contributed by atoms with E-state index in [9.17, 15) is 25.3 Å². The zero-order chi connectivity index (χ0) is 19.3. The highest BCUT2D eigenvalue weighted by molar-refractivity contribution is 6.14. The summed E-state index contributed by atoms with van der Waals surface area (Å²) in [5, 5.41) is 30.2. The van der Waals surface area contributed by atoms with E-state index in [0.717, 1.165) is 6.07 Å². The van der Waals surface area contributed by atoms with Gasteiger partial charge in [0.1, 0.15) is 17.4 Å². The summed E-state index contributed by atoms with van der Waals surface area (Å²) in [6.07, 6.45) is 1.19. The number of nitrogens with zero attached hydrogens (tertiary/aromatic N) is 2. The molecule has 0 bridgehead atoms.